The van der Waals surface area contributed by atoms with Gasteiger partial charge in [0.1, 0.15) is 5.82 Å². The highest BCUT2D eigenvalue weighted by Crippen LogP contribution is 2.26. The number of anilines is 1. The van der Waals surface area contributed by atoms with Gasteiger partial charge in [-0.2, -0.15) is 10.1 Å². The second-order valence-electron chi connectivity index (χ2n) is 5.00. The molecule has 24 heavy (non-hydrogen) atoms. The lowest BCUT2D eigenvalue weighted by Gasteiger charge is -2.04. The lowest BCUT2D eigenvalue weighted by atomic mass is 10.2. The quantitative estimate of drug-likeness (QED) is 0.761. The van der Waals surface area contributed by atoms with Gasteiger partial charge in [-0.15, -0.1) is 0 Å². The smallest absolute Gasteiger partial charge is 0.418 e. The number of halogens is 1. The number of nitrogens with one attached hydrogen (secondary N) is 1. The Morgan fingerprint density at radius 1 is 1.42 bits per heavy atom. The van der Waals surface area contributed by atoms with Crippen molar-refractivity contribution in [3.63, 3.8) is 0 Å². The third-order valence-corrected chi connectivity index (χ3v) is 3.45. The molecule has 0 radical (unpaired) electrons. The van der Waals surface area contributed by atoms with Gasteiger partial charge >= 0.3 is 6.08 Å². The Morgan fingerprint density at radius 2 is 2.21 bits per heavy atom. The molecule has 0 aliphatic heterocycles. The molecule has 0 unspecified atom stereocenters. The highest BCUT2D eigenvalue weighted by Gasteiger charge is 2.14. The van der Waals surface area contributed by atoms with Gasteiger partial charge in [-0.1, -0.05) is 28.9 Å². The van der Waals surface area contributed by atoms with E-state index in [2.05, 4.69) is 20.6 Å². The number of carbonyl (C=O) groups excluding carboxylic acids is 1. The SMILES string of the molecule is Cc1cc(NC(=O)COc2nc(-c3ccccc3Cl)no2)n(C)n1. The van der Waals surface area contributed by atoms with Crippen LogP contribution in [-0.2, 0) is 11.8 Å². The van der Waals surface area contributed by atoms with Crippen molar-refractivity contribution in [3.05, 3.63) is 41.0 Å². The molecule has 0 saturated heterocycles. The Morgan fingerprint density at radius 3 is 2.92 bits per heavy atom. The number of rotatable bonds is 5. The van der Waals surface area contributed by atoms with E-state index in [1.54, 1.807) is 42.1 Å². The zero-order valence-corrected chi connectivity index (χ0v) is 13.7. The van der Waals surface area contributed by atoms with Crippen LogP contribution in [0.25, 0.3) is 11.4 Å². The van der Waals surface area contributed by atoms with Crippen LogP contribution in [0.1, 0.15) is 5.69 Å². The molecule has 0 atom stereocenters. The molecule has 1 amide bonds. The molecule has 9 heteroatoms. The fourth-order valence-corrected chi connectivity index (χ4v) is 2.27. The second-order valence-corrected chi connectivity index (χ2v) is 5.40. The molecule has 124 valence electrons. The van der Waals surface area contributed by atoms with E-state index < -0.39 is 0 Å². The van der Waals surface area contributed by atoms with Crippen molar-refractivity contribution in [2.75, 3.05) is 11.9 Å². The average molecular weight is 348 g/mol. The van der Waals surface area contributed by atoms with Crippen molar-refractivity contribution in [3.8, 4) is 17.5 Å². The van der Waals surface area contributed by atoms with Gasteiger partial charge < -0.3 is 10.1 Å². The van der Waals surface area contributed by atoms with E-state index in [-0.39, 0.29) is 18.6 Å². The Balaban J connectivity index is 1.60. The summed E-state index contributed by atoms with van der Waals surface area (Å²) in [5.41, 5.74) is 1.42. The minimum Gasteiger partial charge on any atom is -0.439 e. The minimum atomic E-state index is -0.365. The van der Waals surface area contributed by atoms with Gasteiger partial charge in [-0.05, 0) is 19.1 Å². The third kappa shape index (κ3) is 3.54. The van der Waals surface area contributed by atoms with Crippen LogP contribution < -0.4 is 10.1 Å². The van der Waals surface area contributed by atoms with Crippen molar-refractivity contribution in [1.82, 2.24) is 19.9 Å². The predicted molar refractivity (Wildman–Crippen MR) is 86.8 cm³/mol. The van der Waals surface area contributed by atoms with Crippen LogP contribution in [0.2, 0.25) is 5.02 Å². The van der Waals surface area contributed by atoms with E-state index in [1.165, 1.54) is 0 Å². The van der Waals surface area contributed by atoms with Crippen LogP contribution in [0.4, 0.5) is 5.82 Å². The van der Waals surface area contributed by atoms with Gasteiger partial charge in [0.05, 0.1) is 10.7 Å². The number of hydrogen-bond acceptors (Lipinski definition) is 6. The molecule has 3 rings (SSSR count). The Bertz CT molecular complexity index is 874. The molecule has 8 nitrogen and oxygen atoms in total. The first-order chi connectivity index (χ1) is 11.5. The van der Waals surface area contributed by atoms with Crippen LogP contribution in [0, 0.1) is 6.92 Å². The molecule has 0 spiro atoms. The highest BCUT2D eigenvalue weighted by molar-refractivity contribution is 6.33. The lowest BCUT2D eigenvalue weighted by molar-refractivity contribution is -0.118. The number of aryl methyl sites for hydroxylation is 2. The number of benzene rings is 1. The number of hydrogen-bond donors (Lipinski definition) is 1. The number of ether oxygens (including phenoxy) is 1. The van der Waals surface area contributed by atoms with Crippen molar-refractivity contribution in [2.24, 2.45) is 7.05 Å². The summed E-state index contributed by atoms with van der Waals surface area (Å²) in [5.74, 6) is 0.497. The van der Waals surface area contributed by atoms with Gasteiger partial charge in [0.15, 0.2) is 6.61 Å². The molecule has 2 heterocycles. The molecule has 2 aromatic heterocycles. The van der Waals surface area contributed by atoms with Gasteiger partial charge in [-0.3, -0.25) is 14.0 Å². The molecular weight excluding hydrogens is 334 g/mol. The summed E-state index contributed by atoms with van der Waals surface area (Å²) in [7, 11) is 1.73. The first-order valence-electron chi connectivity index (χ1n) is 7.05. The van der Waals surface area contributed by atoms with Gasteiger partial charge in [0.2, 0.25) is 5.82 Å². The summed E-state index contributed by atoms with van der Waals surface area (Å²) >= 11 is 6.07. The van der Waals surface area contributed by atoms with E-state index in [0.717, 1.165) is 5.69 Å². The van der Waals surface area contributed by atoms with Crippen molar-refractivity contribution < 1.29 is 14.1 Å². The van der Waals surface area contributed by atoms with E-state index in [4.69, 9.17) is 20.9 Å². The zero-order valence-electron chi connectivity index (χ0n) is 13.0. The van der Waals surface area contributed by atoms with Crippen LogP contribution in [-0.4, -0.2) is 32.4 Å². The molecule has 3 aromatic rings. The third-order valence-electron chi connectivity index (χ3n) is 3.12. The van der Waals surface area contributed by atoms with Crippen LogP contribution >= 0.6 is 11.6 Å². The molecule has 0 fully saturated rings. The maximum atomic E-state index is 11.9. The van der Waals surface area contributed by atoms with E-state index in [0.29, 0.717) is 22.2 Å². The summed E-state index contributed by atoms with van der Waals surface area (Å²) in [4.78, 5) is 15.9. The predicted octanol–water partition coefficient (Wildman–Crippen LogP) is 2.45. The minimum absolute atomic E-state index is 0.110. The van der Waals surface area contributed by atoms with Crippen molar-refractivity contribution in [2.45, 2.75) is 6.92 Å². The summed E-state index contributed by atoms with van der Waals surface area (Å²) in [6.45, 7) is 1.56. The van der Waals surface area contributed by atoms with Crippen LogP contribution in [0.3, 0.4) is 0 Å². The van der Waals surface area contributed by atoms with Crippen LogP contribution in [0.5, 0.6) is 6.08 Å². The molecular formula is C15H14ClN5O3. The van der Waals surface area contributed by atoms with Crippen molar-refractivity contribution in [1.29, 1.82) is 0 Å². The largest absolute Gasteiger partial charge is 0.439 e. The monoisotopic (exact) mass is 347 g/mol. The highest BCUT2D eigenvalue weighted by atomic mass is 35.5. The topological polar surface area (TPSA) is 95.1 Å². The van der Waals surface area contributed by atoms with Crippen molar-refractivity contribution >= 4 is 23.3 Å². The fraction of sp³-hybridized carbons (Fsp3) is 0.200. The van der Waals surface area contributed by atoms with Gasteiger partial charge in [0.25, 0.3) is 5.91 Å². The zero-order chi connectivity index (χ0) is 17.1. The standard InChI is InChI=1S/C15H14ClN5O3/c1-9-7-12(21(2)19-9)17-13(22)8-23-15-18-14(20-24-15)10-5-3-4-6-11(10)16/h3-7H,8H2,1-2H3,(H,17,22). The number of carbonyl (C=O) groups is 1. The maximum Gasteiger partial charge on any atom is 0.418 e. The second kappa shape index (κ2) is 6.71. The fourth-order valence-electron chi connectivity index (χ4n) is 2.05. The van der Waals surface area contributed by atoms with E-state index in [9.17, 15) is 4.79 Å². The Hall–Kier alpha value is -2.87. The first-order valence-corrected chi connectivity index (χ1v) is 7.42. The molecule has 1 aromatic carbocycles. The Kier molecular flexibility index (Phi) is 4.48. The molecule has 0 saturated carbocycles. The summed E-state index contributed by atoms with van der Waals surface area (Å²) in [5, 5.41) is 11.1. The molecule has 0 aliphatic carbocycles. The number of amides is 1. The van der Waals surface area contributed by atoms with Gasteiger partial charge in [-0.25, -0.2) is 0 Å². The molecule has 0 aliphatic rings. The molecule has 0 bridgehead atoms. The summed E-state index contributed by atoms with van der Waals surface area (Å²) in [6, 6.07) is 8.83. The average Bonchev–Trinajstić information content (AvgIpc) is 3.13. The molecule has 1 N–H and O–H groups in total. The normalized spacial score (nSPS) is 10.6. The maximum absolute atomic E-state index is 11.9. The Labute approximate surface area is 142 Å². The van der Waals surface area contributed by atoms with Gasteiger partial charge in [0, 0.05) is 18.7 Å². The summed E-state index contributed by atoms with van der Waals surface area (Å²) in [6.07, 6.45) is -0.110. The summed E-state index contributed by atoms with van der Waals surface area (Å²) < 4.78 is 11.7. The van der Waals surface area contributed by atoms with E-state index >= 15 is 0 Å². The number of nitrogens with zero attached hydrogens (tertiary/aromatic N) is 4. The lowest BCUT2D eigenvalue weighted by Crippen LogP contribution is -2.21. The first kappa shape index (κ1) is 16.0. The van der Waals surface area contributed by atoms with Crippen LogP contribution in [0.15, 0.2) is 34.9 Å². The van der Waals surface area contributed by atoms with E-state index in [1.807, 2.05) is 6.92 Å². The number of aromatic nitrogens is 4.